The summed E-state index contributed by atoms with van der Waals surface area (Å²) in [6.45, 7) is 0.561. The van der Waals surface area contributed by atoms with Crippen molar-refractivity contribution in [3.63, 3.8) is 0 Å². The number of nitrogens with one attached hydrogen (secondary N) is 1. The predicted molar refractivity (Wildman–Crippen MR) is 72.4 cm³/mol. The normalized spacial score (nSPS) is 11.9. The third kappa shape index (κ3) is 4.76. The van der Waals surface area contributed by atoms with E-state index < -0.39 is 6.04 Å². The van der Waals surface area contributed by atoms with E-state index in [0.29, 0.717) is 25.2 Å². The lowest BCUT2D eigenvalue weighted by atomic mass is 10.1. The number of anilines is 1. The number of rotatable bonds is 7. The largest absolute Gasteiger partial charge is 0.506 e. The summed E-state index contributed by atoms with van der Waals surface area (Å²) in [5.74, 6) is 0.166. The van der Waals surface area contributed by atoms with Gasteiger partial charge < -0.3 is 25.6 Å². The summed E-state index contributed by atoms with van der Waals surface area (Å²) < 4.78 is 9.92. The second kappa shape index (κ2) is 7.60. The van der Waals surface area contributed by atoms with E-state index in [9.17, 15) is 9.90 Å². The minimum absolute atomic E-state index is 0.0294. The van der Waals surface area contributed by atoms with E-state index in [4.69, 9.17) is 15.2 Å². The molecule has 0 bridgehead atoms. The molecular weight excluding hydrogens is 248 g/mol. The first kappa shape index (κ1) is 15.3. The van der Waals surface area contributed by atoms with Crippen LogP contribution in [0.25, 0.3) is 0 Å². The van der Waals surface area contributed by atoms with Gasteiger partial charge in [-0.3, -0.25) is 4.79 Å². The molecule has 1 aromatic carbocycles. The van der Waals surface area contributed by atoms with Gasteiger partial charge in [0, 0.05) is 19.8 Å². The third-order valence-corrected chi connectivity index (χ3v) is 2.66. The van der Waals surface area contributed by atoms with Crippen LogP contribution in [0.1, 0.15) is 12.8 Å². The van der Waals surface area contributed by atoms with Gasteiger partial charge in [0.05, 0.1) is 18.8 Å². The van der Waals surface area contributed by atoms with E-state index in [1.165, 1.54) is 19.2 Å². The molecule has 1 atom stereocenters. The van der Waals surface area contributed by atoms with Crippen molar-refractivity contribution in [3.8, 4) is 11.5 Å². The van der Waals surface area contributed by atoms with E-state index in [2.05, 4.69) is 5.32 Å². The number of benzene rings is 1. The Morgan fingerprint density at radius 3 is 2.84 bits per heavy atom. The molecular formula is C13H20N2O4. The van der Waals surface area contributed by atoms with E-state index >= 15 is 0 Å². The molecule has 1 amide bonds. The number of carbonyl (C=O) groups excluding carboxylic acids is 1. The van der Waals surface area contributed by atoms with Crippen LogP contribution in [0.4, 0.5) is 5.69 Å². The summed E-state index contributed by atoms with van der Waals surface area (Å²) in [5.41, 5.74) is 6.03. The molecule has 1 unspecified atom stereocenters. The monoisotopic (exact) mass is 268 g/mol. The van der Waals surface area contributed by atoms with Gasteiger partial charge in [-0.1, -0.05) is 0 Å². The Morgan fingerprint density at radius 1 is 1.47 bits per heavy atom. The summed E-state index contributed by atoms with van der Waals surface area (Å²) in [5, 5.41) is 12.2. The zero-order valence-electron chi connectivity index (χ0n) is 11.2. The molecule has 0 heterocycles. The molecule has 0 saturated carbocycles. The van der Waals surface area contributed by atoms with Gasteiger partial charge in [-0.2, -0.15) is 0 Å². The molecule has 0 spiro atoms. The molecule has 0 saturated heterocycles. The number of aromatic hydroxyl groups is 1. The van der Waals surface area contributed by atoms with Gasteiger partial charge in [-0.25, -0.2) is 0 Å². The second-order valence-electron chi connectivity index (χ2n) is 4.11. The van der Waals surface area contributed by atoms with Crippen molar-refractivity contribution in [1.29, 1.82) is 0 Å². The third-order valence-electron chi connectivity index (χ3n) is 2.66. The van der Waals surface area contributed by atoms with Gasteiger partial charge in [-0.15, -0.1) is 0 Å². The molecule has 4 N–H and O–H groups in total. The van der Waals surface area contributed by atoms with Crippen LogP contribution in [0.2, 0.25) is 0 Å². The summed E-state index contributed by atoms with van der Waals surface area (Å²) in [4.78, 5) is 11.8. The van der Waals surface area contributed by atoms with Crippen molar-refractivity contribution >= 4 is 11.6 Å². The van der Waals surface area contributed by atoms with E-state index in [1.54, 1.807) is 13.2 Å². The molecule has 1 aromatic rings. The van der Waals surface area contributed by atoms with Crippen LogP contribution in [-0.2, 0) is 9.53 Å². The highest BCUT2D eigenvalue weighted by atomic mass is 16.5. The van der Waals surface area contributed by atoms with E-state index in [-0.39, 0.29) is 17.3 Å². The Hall–Kier alpha value is -1.79. The molecule has 6 heteroatoms. The maximum Gasteiger partial charge on any atom is 0.241 e. The van der Waals surface area contributed by atoms with Crippen LogP contribution in [-0.4, -0.2) is 37.9 Å². The zero-order chi connectivity index (χ0) is 14.3. The fourth-order valence-corrected chi connectivity index (χ4v) is 1.55. The highest BCUT2D eigenvalue weighted by Gasteiger charge is 2.15. The minimum atomic E-state index is -0.638. The smallest absolute Gasteiger partial charge is 0.241 e. The average Bonchev–Trinajstić information content (AvgIpc) is 2.41. The minimum Gasteiger partial charge on any atom is -0.506 e. The lowest BCUT2D eigenvalue weighted by molar-refractivity contribution is -0.117. The fourth-order valence-electron chi connectivity index (χ4n) is 1.55. The number of hydrogen-bond donors (Lipinski definition) is 3. The van der Waals surface area contributed by atoms with Gasteiger partial charge in [0.15, 0.2) is 0 Å². The summed E-state index contributed by atoms with van der Waals surface area (Å²) in [6, 6.07) is 3.95. The lowest BCUT2D eigenvalue weighted by Crippen LogP contribution is -2.35. The Balaban J connectivity index is 2.60. The molecule has 0 aliphatic rings. The number of nitrogens with two attached hydrogens (primary N) is 1. The number of ether oxygens (including phenoxy) is 2. The van der Waals surface area contributed by atoms with Crippen LogP contribution in [0.5, 0.6) is 11.5 Å². The molecule has 0 aliphatic heterocycles. The summed E-state index contributed by atoms with van der Waals surface area (Å²) in [6.07, 6.45) is 1.22. The topological polar surface area (TPSA) is 93.8 Å². The highest BCUT2D eigenvalue weighted by molar-refractivity contribution is 5.96. The number of hydrogen-bond acceptors (Lipinski definition) is 5. The Bertz CT molecular complexity index is 423. The standard InChI is InChI=1S/C13H20N2O4/c1-18-7-3-4-10(14)13(17)15-11-8-9(19-2)5-6-12(11)16/h5-6,8,10,16H,3-4,7,14H2,1-2H3,(H,15,17). The van der Waals surface area contributed by atoms with E-state index in [0.717, 1.165) is 0 Å². The van der Waals surface area contributed by atoms with Crippen LogP contribution >= 0.6 is 0 Å². The zero-order valence-corrected chi connectivity index (χ0v) is 11.2. The fraction of sp³-hybridized carbons (Fsp3) is 0.462. The Morgan fingerprint density at radius 2 is 2.21 bits per heavy atom. The Kier molecular flexibility index (Phi) is 6.11. The maximum absolute atomic E-state index is 11.8. The number of amides is 1. The van der Waals surface area contributed by atoms with Crippen molar-refractivity contribution in [2.45, 2.75) is 18.9 Å². The number of phenolic OH excluding ortho intramolecular Hbond substituents is 1. The molecule has 106 valence electrons. The number of phenols is 1. The van der Waals surface area contributed by atoms with Crippen molar-refractivity contribution in [2.75, 3.05) is 26.1 Å². The van der Waals surface area contributed by atoms with Crippen molar-refractivity contribution in [2.24, 2.45) is 5.73 Å². The van der Waals surface area contributed by atoms with E-state index in [1.807, 2.05) is 0 Å². The number of carbonyl (C=O) groups is 1. The van der Waals surface area contributed by atoms with Gasteiger partial charge in [0.1, 0.15) is 11.5 Å². The van der Waals surface area contributed by atoms with Gasteiger partial charge >= 0.3 is 0 Å². The first-order valence-electron chi connectivity index (χ1n) is 6.01. The molecule has 6 nitrogen and oxygen atoms in total. The maximum atomic E-state index is 11.8. The molecule has 0 fully saturated rings. The average molecular weight is 268 g/mol. The van der Waals surface area contributed by atoms with Crippen LogP contribution < -0.4 is 15.8 Å². The lowest BCUT2D eigenvalue weighted by Gasteiger charge is -2.13. The van der Waals surface area contributed by atoms with Crippen molar-refractivity contribution < 1.29 is 19.4 Å². The Labute approximate surface area is 112 Å². The second-order valence-corrected chi connectivity index (χ2v) is 4.11. The van der Waals surface area contributed by atoms with Crippen LogP contribution in [0.15, 0.2) is 18.2 Å². The molecule has 1 rings (SSSR count). The predicted octanol–water partition coefficient (Wildman–Crippen LogP) is 1.09. The van der Waals surface area contributed by atoms with Gasteiger partial charge in [0.25, 0.3) is 0 Å². The summed E-state index contributed by atoms with van der Waals surface area (Å²) in [7, 11) is 3.11. The quantitative estimate of drug-likeness (QED) is 0.508. The van der Waals surface area contributed by atoms with Gasteiger partial charge in [-0.05, 0) is 25.0 Å². The van der Waals surface area contributed by atoms with Crippen molar-refractivity contribution in [3.05, 3.63) is 18.2 Å². The number of methoxy groups -OCH3 is 2. The van der Waals surface area contributed by atoms with Crippen LogP contribution in [0.3, 0.4) is 0 Å². The first-order valence-corrected chi connectivity index (χ1v) is 6.01. The van der Waals surface area contributed by atoms with Crippen molar-refractivity contribution in [1.82, 2.24) is 0 Å². The SMILES string of the molecule is COCCCC(N)C(=O)Nc1cc(OC)ccc1O. The molecule has 19 heavy (non-hydrogen) atoms. The summed E-state index contributed by atoms with van der Waals surface area (Å²) >= 11 is 0. The van der Waals surface area contributed by atoms with Crippen LogP contribution in [0, 0.1) is 0 Å². The molecule has 0 aliphatic carbocycles. The highest BCUT2D eigenvalue weighted by Crippen LogP contribution is 2.27. The molecule has 0 aromatic heterocycles. The van der Waals surface area contributed by atoms with Gasteiger partial charge in [0.2, 0.25) is 5.91 Å². The molecule has 0 radical (unpaired) electrons. The first-order chi connectivity index (χ1) is 9.08.